The summed E-state index contributed by atoms with van der Waals surface area (Å²) in [6, 6.07) is 15.2. The van der Waals surface area contributed by atoms with Crippen LogP contribution in [0.25, 0.3) is 6.08 Å². The Morgan fingerprint density at radius 2 is 1.81 bits per heavy atom. The molecule has 1 amide bonds. The number of ether oxygens (including phenoxy) is 2. The number of thiocarbonyl (C=S) groups is 1. The maximum atomic E-state index is 12.1. The van der Waals surface area contributed by atoms with Gasteiger partial charge in [-0.15, -0.1) is 0 Å². The summed E-state index contributed by atoms with van der Waals surface area (Å²) >= 11 is 9.84. The van der Waals surface area contributed by atoms with Crippen LogP contribution in [-0.2, 0) is 4.79 Å². The van der Waals surface area contributed by atoms with Crippen LogP contribution in [0.3, 0.4) is 0 Å². The molecule has 2 aromatic rings. The van der Waals surface area contributed by atoms with E-state index >= 15 is 0 Å². The molecule has 2 aromatic carbocycles. The first-order valence-corrected chi connectivity index (χ1v) is 9.87. The van der Waals surface area contributed by atoms with E-state index in [0.29, 0.717) is 22.4 Å². The zero-order valence-electron chi connectivity index (χ0n) is 14.0. The molecule has 1 saturated heterocycles. The second-order valence-corrected chi connectivity index (χ2v) is 8.06. The molecule has 0 aromatic heterocycles. The van der Waals surface area contributed by atoms with Gasteiger partial charge in [-0.1, -0.05) is 52.0 Å². The van der Waals surface area contributed by atoms with Crippen molar-refractivity contribution in [2.75, 3.05) is 20.3 Å². The number of benzene rings is 2. The molecule has 0 unspecified atom stereocenters. The fourth-order valence-electron chi connectivity index (χ4n) is 2.24. The van der Waals surface area contributed by atoms with Crippen molar-refractivity contribution in [1.82, 2.24) is 4.90 Å². The third-order valence-electron chi connectivity index (χ3n) is 3.58. The van der Waals surface area contributed by atoms with Gasteiger partial charge in [-0.2, -0.15) is 0 Å². The van der Waals surface area contributed by atoms with Crippen LogP contribution in [0.1, 0.15) is 5.56 Å². The first-order valence-electron chi connectivity index (χ1n) is 7.86. The third kappa shape index (κ3) is 4.87. The molecule has 134 valence electrons. The molecule has 4 nitrogen and oxygen atoms in total. The van der Waals surface area contributed by atoms with E-state index in [1.54, 1.807) is 7.05 Å². The minimum atomic E-state index is -0.0748. The van der Waals surface area contributed by atoms with E-state index in [1.165, 1.54) is 16.7 Å². The Morgan fingerprint density at radius 3 is 2.46 bits per heavy atom. The van der Waals surface area contributed by atoms with Crippen LogP contribution < -0.4 is 9.47 Å². The van der Waals surface area contributed by atoms with Gasteiger partial charge in [-0.3, -0.25) is 9.69 Å². The van der Waals surface area contributed by atoms with Gasteiger partial charge in [0.05, 0.1) is 4.91 Å². The summed E-state index contributed by atoms with van der Waals surface area (Å²) in [5, 5.41) is 0. The first kappa shape index (κ1) is 18.9. The van der Waals surface area contributed by atoms with Crippen molar-refractivity contribution in [2.24, 2.45) is 0 Å². The maximum absolute atomic E-state index is 12.1. The number of rotatable bonds is 6. The number of halogens is 1. The molecular formula is C19H16BrNO3S2. The van der Waals surface area contributed by atoms with Gasteiger partial charge in [0.2, 0.25) is 0 Å². The number of hydrogen-bond donors (Lipinski definition) is 0. The Hall–Kier alpha value is -1.83. The lowest BCUT2D eigenvalue weighted by Gasteiger charge is -2.09. The van der Waals surface area contributed by atoms with Gasteiger partial charge in [0.25, 0.3) is 5.91 Å². The van der Waals surface area contributed by atoms with Crippen LogP contribution in [0.15, 0.2) is 57.9 Å². The predicted octanol–water partition coefficient (Wildman–Crippen LogP) is 4.74. The van der Waals surface area contributed by atoms with Crippen LogP contribution >= 0.6 is 39.9 Å². The average Bonchev–Trinajstić information content (AvgIpc) is 2.87. The minimum Gasteiger partial charge on any atom is -0.490 e. The molecule has 26 heavy (non-hydrogen) atoms. The van der Waals surface area contributed by atoms with Gasteiger partial charge in [-0.25, -0.2) is 0 Å². The Morgan fingerprint density at radius 1 is 1.12 bits per heavy atom. The molecule has 0 aliphatic carbocycles. The van der Waals surface area contributed by atoms with Gasteiger partial charge in [0.15, 0.2) is 0 Å². The number of amides is 1. The SMILES string of the molecule is CN1C(=O)/C(=C\c2cccc(OCCOc3ccc(Br)cc3)c2)SC1=S. The Kier molecular flexibility index (Phi) is 6.34. The molecule has 0 spiro atoms. The van der Waals surface area contributed by atoms with Crippen LogP contribution in [-0.4, -0.2) is 35.4 Å². The smallest absolute Gasteiger partial charge is 0.265 e. The number of thioether (sulfide) groups is 1. The first-order chi connectivity index (χ1) is 12.5. The van der Waals surface area contributed by atoms with E-state index in [1.807, 2.05) is 54.6 Å². The molecule has 0 bridgehead atoms. The van der Waals surface area contributed by atoms with Crippen molar-refractivity contribution in [3.8, 4) is 11.5 Å². The topological polar surface area (TPSA) is 38.8 Å². The third-order valence-corrected chi connectivity index (χ3v) is 5.59. The fraction of sp³-hybridized carbons (Fsp3) is 0.158. The number of hydrogen-bond acceptors (Lipinski definition) is 5. The van der Waals surface area contributed by atoms with Crippen LogP contribution in [0.5, 0.6) is 11.5 Å². The second-order valence-electron chi connectivity index (χ2n) is 5.46. The van der Waals surface area contributed by atoms with Crippen molar-refractivity contribution < 1.29 is 14.3 Å². The molecule has 3 rings (SSSR count). The lowest BCUT2D eigenvalue weighted by molar-refractivity contribution is -0.121. The summed E-state index contributed by atoms with van der Waals surface area (Å²) in [6.45, 7) is 0.872. The van der Waals surface area contributed by atoms with Gasteiger partial charge in [0, 0.05) is 11.5 Å². The van der Waals surface area contributed by atoms with Gasteiger partial charge in [-0.05, 0) is 48.0 Å². The van der Waals surface area contributed by atoms with E-state index in [9.17, 15) is 4.79 Å². The monoisotopic (exact) mass is 449 g/mol. The average molecular weight is 450 g/mol. The number of likely N-dealkylation sites (N-methyl/N-ethyl adjacent to an activating group) is 1. The van der Waals surface area contributed by atoms with E-state index in [-0.39, 0.29) is 5.91 Å². The molecule has 1 aliphatic rings. The normalized spacial score (nSPS) is 15.6. The molecule has 7 heteroatoms. The number of carbonyl (C=O) groups excluding carboxylic acids is 1. The quantitative estimate of drug-likeness (QED) is 0.361. The van der Waals surface area contributed by atoms with Crippen molar-refractivity contribution in [1.29, 1.82) is 0 Å². The summed E-state index contributed by atoms with van der Waals surface area (Å²) in [5.41, 5.74) is 0.894. The van der Waals surface area contributed by atoms with Crippen LogP contribution in [0, 0.1) is 0 Å². The zero-order valence-corrected chi connectivity index (χ0v) is 17.2. The van der Waals surface area contributed by atoms with Gasteiger partial charge in [0.1, 0.15) is 29.0 Å². The van der Waals surface area contributed by atoms with Crippen molar-refractivity contribution in [2.45, 2.75) is 0 Å². The molecule has 1 aliphatic heterocycles. The van der Waals surface area contributed by atoms with E-state index in [4.69, 9.17) is 21.7 Å². The summed E-state index contributed by atoms with van der Waals surface area (Å²) in [5.74, 6) is 1.45. The van der Waals surface area contributed by atoms with E-state index < -0.39 is 0 Å². The highest BCUT2D eigenvalue weighted by molar-refractivity contribution is 9.10. The molecule has 0 N–H and O–H groups in total. The number of nitrogens with zero attached hydrogens (tertiary/aromatic N) is 1. The number of carbonyl (C=O) groups is 1. The highest BCUT2D eigenvalue weighted by Gasteiger charge is 2.28. The summed E-state index contributed by atoms with van der Waals surface area (Å²) in [4.78, 5) is 14.2. The highest BCUT2D eigenvalue weighted by Crippen LogP contribution is 2.31. The largest absolute Gasteiger partial charge is 0.490 e. The maximum Gasteiger partial charge on any atom is 0.265 e. The molecule has 1 heterocycles. The summed E-state index contributed by atoms with van der Waals surface area (Å²) < 4.78 is 12.9. The van der Waals surface area contributed by atoms with Gasteiger partial charge < -0.3 is 9.47 Å². The molecular weight excluding hydrogens is 434 g/mol. The van der Waals surface area contributed by atoms with Crippen molar-refractivity contribution in [3.63, 3.8) is 0 Å². The van der Waals surface area contributed by atoms with E-state index in [0.717, 1.165) is 21.5 Å². The fourth-order valence-corrected chi connectivity index (χ4v) is 3.68. The molecule has 0 radical (unpaired) electrons. The second kappa shape index (κ2) is 8.70. The van der Waals surface area contributed by atoms with Crippen LogP contribution in [0.2, 0.25) is 0 Å². The van der Waals surface area contributed by atoms with Crippen LogP contribution in [0.4, 0.5) is 0 Å². The lowest BCUT2D eigenvalue weighted by atomic mass is 10.2. The zero-order chi connectivity index (χ0) is 18.5. The molecule has 1 fully saturated rings. The van der Waals surface area contributed by atoms with Crippen molar-refractivity contribution >= 4 is 56.2 Å². The minimum absolute atomic E-state index is 0.0748. The summed E-state index contributed by atoms with van der Waals surface area (Å²) in [7, 11) is 1.68. The Labute approximate surface area is 170 Å². The Balaban J connectivity index is 1.55. The molecule has 0 atom stereocenters. The van der Waals surface area contributed by atoms with Crippen molar-refractivity contribution in [3.05, 3.63) is 63.5 Å². The Bertz CT molecular complexity index is 852. The van der Waals surface area contributed by atoms with E-state index in [2.05, 4.69) is 15.9 Å². The van der Waals surface area contributed by atoms with Gasteiger partial charge >= 0.3 is 0 Å². The highest BCUT2D eigenvalue weighted by atomic mass is 79.9. The lowest BCUT2D eigenvalue weighted by Crippen LogP contribution is -2.22. The predicted molar refractivity (Wildman–Crippen MR) is 113 cm³/mol. The summed E-state index contributed by atoms with van der Waals surface area (Å²) in [6.07, 6.45) is 1.83. The molecule has 0 saturated carbocycles. The standard InChI is InChI=1S/C19H16BrNO3S2/c1-21-18(22)17(26-19(21)25)12-13-3-2-4-16(11-13)24-10-9-23-15-7-5-14(20)6-8-15/h2-8,11-12H,9-10H2,1H3/b17-12+.